The Morgan fingerprint density at radius 3 is 1.56 bits per heavy atom. The highest BCUT2D eigenvalue weighted by molar-refractivity contribution is 7.55. The molecule has 0 aromatic carbocycles. The second kappa shape index (κ2) is 42.5. The largest absolute Gasteiger partial charge is 0.463 e. The van der Waals surface area contributed by atoms with E-state index in [4.69, 9.17) is 49.7 Å². The fourth-order valence-electron chi connectivity index (χ4n) is 5.30. The highest BCUT2D eigenvalue weighted by Gasteiger charge is 2.26. The molecule has 336 valence electrons. The summed E-state index contributed by atoms with van der Waals surface area (Å²) in [5.41, 5.74) is 0. The summed E-state index contributed by atoms with van der Waals surface area (Å²) in [4.78, 5) is 50.6. The standard InChI is InChI=1S/C34H62O7.C5H9Cl3NO6P/c1-3-5-6-7-8-9-10-11-12-14-17-20-23-26-33(37)40-30-31(29-35)41-34(38)27-24-21-18-15-13-16-19-22-25-28-39-32(36)4-2;1-2-13-9(6)5(10)12-3-4-16(11,14-7)15-8/h4,31,35H,2-3,5-30H2,1H3;2-4H2,1H3/t31-;/m1./s1. The number of ether oxygens (including phenoxy) is 4. The van der Waals surface area contributed by atoms with Crippen molar-refractivity contribution in [3.05, 3.63) is 12.7 Å². The molecule has 1 N–H and O–H groups in total. The van der Waals surface area contributed by atoms with Crippen LogP contribution in [0.3, 0.4) is 0 Å². The molecule has 0 saturated heterocycles. The van der Waals surface area contributed by atoms with Crippen molar-refractivity contribution in [1.29, 1.82) is 0 Å². The Labute approximate surface area is 357 Å². The minimum atomic E-state index is -3.63. The quantitative estimate of drug-likeness (QED) is 0.0118. The van der Waals surface area contributed by atoms with Crippen molar-refractivity contribution in [1.82, 2.24) is 4.58 Å². The zero-order chi connectivity index (χ0) is 42.8. The molecule has 57 heavy (non-hydrogen) atoms. The van der Waals surface area contributed by atoms with Gasteiger partial charge < -0.3 is 24.1 Å². The van der Waals surface area contributed by atoms with Crippen molar-refractivity contribution in [2.24, 2.45) is 0 Å². The van der Waals surface area contributed by atoms with Crippen LogP contribution in [0.2, 0.25) is 0 Å². The lowest BCUT2D eigenvalue weighted by Crippen LogP contribution is -2.28. The van der Waals surface area contributed by atoms with E-state index in [0.717, 1.165) is 77.0 Å². The molecule has 1 amide bonds. The molecular formula is C39H71Cl3NO13P. The summed E-state index contributed by atoms with van der Waals surface area (Å²) in [6.07, 6.45) is 25.4. The van der Waals surface area contributed by atoms with Gasteiger partial charge in [-0.1, -0.05) is 140 Å². The number of carbonyl (C=O) groups is 4. The van der Waals surface area contributed by atoms with Crippen LogP contribution < -0.4 is 0 Å². The van der Waals surface area contributed by atoms with Gasteiger partial charge in [0.15, 0.2) is 6.10 Å². The summed E-state index contributed by atoms with van der Waals surface area (Å²) in [5.74, 6) is -1.01. The van der Waals surface area contributed by atoms with Gasteiger partial charge in [0.05, 0.1) is 49.7 Å². The summed E-state index contributed by atoms with van der Waals surface area (Å²) in [7, 11) is -3.63. The maximum absolute atomic E-state index is 12.1. The maximum atomic E-state index is 12.1. The summed E-state index contributed by atoms with van der Waals surface area (Å²) in [6.45, 7) is 7.14. The zero-order valence-corrected chi connectivity index (χ0v) is 37.6. The number of carbonyl (C=O) groups excluding carboxylic acids is 4. The Bertz CT molecular complexity index is 1050. The Kier molecular flexibility index (Phi) is 42.8. The molecule has 0 spiro atoms. The van der Waals surface area contributed by atoms with Crippen LogP contribution in [0.15, 0.2) is 12.7 Å². The zero-order valence-electron chi connectivity index (χ0n) is 34.4. The van der Waals surface area contributed by atoms with Gasteiger partial charge in [-0.05, 0) is 26.2 Å². The highest BCUT2D eigenvalue weighted by Crippen LogP contribution is 2.50. The summed E-state index contributed by atoms with van der Waals surface area (Å²) in [6, 6.07) is 0. The van der Waals surface area contributed by atoms with Gasteiger partial charge in [0.2, 0.25) is 0 Å². The fourth-order valence-corrected chi connectivity index (χ4v) is 6.59. The van der Waals surface area contributed by atoms with E-state index < -0.39 is 19.8 Å². The van der Waals surface area contributed by atoms with Crippen LogP contribution >= 0.6 is 43.1 Å². The van der Waals surface area contributed by atoms with E-state index in [1.54, 1.807) is 6.92 Å². The molecule has 0 aliphatic carbocycles. The number of hydrogen-bond donors (Lipinski definition) is 1. The number of nitrogens with zero attached hydrogens (tertiary/aromatic N) is 1. The number of esters is 3. The number of hydrogen-bond acceptors (Lipinski definition) is 13. The molecule has 18 heteroatoms. The molecule has 14 nitrogen and oxygen atoms in total. The molecule has 0 fully saturated rings. The number of aliphatic hydroxyl groups is 1. The lowest BCUT2D eigenvalue weighted by atomic mass is 10.0. The minimum absolute atomic E-state index is 0.0871. The fraction of sp³-hybridized carbons (Fsp3) is 0.846. The first-order valence-corrected chi connectivity index (χ1v) is 23.4. The van der Waals surface area contributed by atoms with Crippen molar-refractivity contribution in [2.45, 2.75) is 174 Å². The van der Waals surface area contributed by atoms with Crippen LogP contribution in [-0.4, -0.2) is 79.0 Å². The maximum Gasteiger partial charge on any atom is 0.449 e. The van der Waals surface area contributed by atoms with Gasteiger partial charge >= 0.3 is 31.6 Å². The Morgan fingerprint density at radius 1 is 0.667 bits per heavy atom. The second-order valence-electron chi connectivity index (χ2n) is 13.5. The second-order valence-corrected chi connectivity index (χ2v) is 16.6. The topological polar surface area (TPSA) is 173 Å². The number of aliphatic hydroxyl groups excluding tert-OH is 1. The van der Waals surface area contributed by atoms with E-state index >= 15 is 0 Å². The first-order valence-electron chi connectivity index (χ1n) is 20.7. The third-order valence-electron chi connectivity index (χ3n) is 8.54. The molecule has 0 aromatic heterocycles. The van der Waals surface area contributed by atoms with E-state index in [9.17, 15) is 28.8 Å². The van der Waals surface area contributed by atoms with E-state index in [2.05, 4.69) is 31.2 Å². The monoisotopic (exact) mass is 897 g/mol. The third kappa shape index (κ3) is 39.6. The van der Waals surface area contributed by atoms with Gasteiger partial charge in [-0.25, -0.2) is 9.59 Å². The molecule has 0 aliphatic rings. The summed E-state index contributed by atoms with van der Waals surface area (Å²) < 4.78 is 39.6. The lowest BCUT2D eigenvalue weighted by Gasteiger charge is -2.15. The molecular weight excluding hydrogens is 828 g/mol. The molecule has 0 rings (SSSR count). The van der Waals surface area contributed by atoms with Gasteiger partial charge in [-0.15, -0.1) is 0 Å². The van der Waals surface area contributed by atoms with Crippen molar-refractivity contribution in [2.75, 3.05) is 39.2 Å². The third-order valence-corrected chi connectivity index (χ3v) is 11.2. The van der Waals surface area contributed by atoms with E-state index in [1.165, 1.54) is 70.3 Å². The van der Waals surface area contributed by atoms with E-state index in [1.807, 2.05) is 0 Å². The van der Waals surface area contributed by atoms with Gasteiger partial charge in [-0.3, -0.25) is 19.0 Å². The van der Waals surface area contributed by atoms with Crippen LogP contribution in [0.5, 0.6) is 0 Å². The van der Waals surface area contributed by atoms with Crippen LogP contribution in [0.1, 0.15) is 168 Å². The first-order chi connectivity index (χ1) is 27.5. The number of hydroxylamine groups is 1. The first kappa shape index (κ1) is 57.5. The molecule has 0 aliphatic heterocycles. The number of unbranched alkanes of at least 4 members (excludes halogenated alkanes) is 20. The Balaban J connectivity index is 0. The molecule has 0 heterocycles. The molecule has 0 bridgehead atoms. The van der Waals surface area contributed by atoms with Gasteiger partial charge in [0.25, 0.3) is 0 Å². The number of halogens is 3. The Hall–Kier alpha value is -1.64. The molecule has 0 aromatic rings. The van der Waals surface area contributed by atoms with Crippen molar-refractivity contribution in [3.63, 3.8) is 0 Å². The number of amides is 1. The van der Waals surface area contributed by atoms with Crippen LogP contribution in [-0.2, 0) is 50.9 Å². The molecule has 1 atom stereocenters. The highest BCUT2D eigenvalue weighted by atomic mass is 35.5. The smallest absolute Gasteiger partial charge is 0.449 e. The van der Waals surface area contributed by atoms with Crippen LogP contribution in [0.25, 0.3) is 0 Å². The lowest BCUT2D eigenvalue weighted by molar-refractivity contribution is -0.161. The Morgan fingerprint density at radius 2 is 1.12 bits per heavy atom. The van der Waals surface area contributed by atoms with Crippen LogP contribution in [0, 0.1) is 0 Å². The van der Waals surface area contributed by atoms with Crippen molar-refractivity contribution in [3.8, 4) is 0 Å². The van der Waals surface area contributed by atoms with Crippen molar-refractivity contribution < 1.29 is 60.8 Å². The van der Waals surface area contributed by atoms with Gasteiger partial charge in [0, 0.05) is 30.7 Å². The molecule has 0 saturated carbocycles. The average Bonchev–Trinajstić information content (AvgIpc) is 3.21. The van der Waals surface area contributed by atoms with Crippen LogP contribution in [0.4, 0.5) is 4.79 Å². The molecule has 0 radical (unpaired) electrons. The summed E-state index contributed by atoms with van der Waals surface area (Å²) in [5, 5.41) is 9.49. The minimum Gasteiger partial charge on any atom is -0.463 e. The predicted molar refractivity (Wildman–Crippen MR) is 223 cm³/mol. The predicted octanol–water partition coefficient (Wildman–Crippen LogP) is 11.6. The van der Waals surface area contributed by atoms with E-state index in [-0.39, 0.29) is 50.5 Å². The van der Waals surface area contributed by atoms with Gasteiger partial charge in [-0.2, -0.15) is 8.15 Å². The van der Waals surface area contributed by atoms with E-state index in [0.29, 0.717) is 24.0 Å². The number of rotatable bonds is 38. The normalized spacial score (nSPS) is 11.5. The average molecular weight is 899 g/mol. The SMILES string of the molecule is C=CC(=O)OCCCCCCCCCCCC(=O)O[C@H](CO)COC(=O)CCCCCCCCCCCCCCC.CCON(Cl)C(=O)OCCP(=O)(OCl)OCl. The molecule has 0 unspecified atom stereocenters. The van der Waals surface area contributed by atoms with Gasteiger partial charge in [0.1, 0.15) is 13.2 Å². The van der Waals surface area contributed by atoms with Crippen molar-refractivity contribution >= 4 is 67.1 Å². The summed E-state index contributed by atoms with van der Waals surface area (Å²) >= 11 is 15.0.